The van der Waals surface area contributed by atoms with Crippen molar-refractivity contribution in [3.8, 4) is 17.6 Å². The van der Waals surface area contributed by atoms with Crippen LogP contribution in [0, 0.1) is 18.3 Å². The van der Waals surface area contributed by atoms with Gasteiger partial charge in [-0.1, -0.05) is 47.0 Å². The molecule has 1 unspecified atom stereocenters. The number of carbonyl (C=O) groups excluding carboxylic acids is 1. The molecule has 2 saturated heterocycles. The predicted octanol–water partition coefficient (Wildman–Crippen LogP) is 6.81. The van der Waals surface area contributed by atoms with Gasteiger partial charge in [-0.2, -0.15) is 5.26 Å². The second kappa shape index (κ2) is 14.0. The molecule has 0 bridgehead atoms. The second-order valence-electron chi connectivity index (χ2n) is 11.2. The number of benzene rings is 3. The molecular weight excluding hydrogens is 590 g/mol. The zero-order valence-electron chi connectivity index (χ0n) is 25.0. The van der Waals surface area contributed by atoms with E-state index >= 15 is 0 Å². The van der Waals surface area contributed by atoms with Crippen LogP contribution in [0.4, 0.5) is 17.1 Å². The van der Waals surface area contributed by atoms with E-state index in [1.165, 1.54) is 6.20 Å². The van der Waals surface area contributed by atoms with Crippen molar-refractivity contribution >= 4 is 45.5 Å². The molecular formula is C35H34ClN5O4. The quantitative estimate of drug-likeness (QED) is 0.174. The van der Waals surface area contributed by atoms with Crippen molar-refractivity contribution in [2.75, 3.05) is 36.9 Å². The molecule has 2 aliphatic heterocycles. The number of anilines is 3. The third kappa shape index (κ3) is 7.55. The summed E-state index contributed by atoms with van der Waals surface area (Å²) in [6.45, 7) is 5.23. The number of pyridine rings is 1. The fraction of sp³-hybridized carbons (Fsp3) is 0.286. The molecule has 45 heavy (non-hydrogen) atoms. The summed E-state index contributed by atoms with van der Waals surface area (Å²) >= 11 is 6.62. The maximum Gasteiger partial charge on any atom is 0.248 e. The number of ether oxygens (including phenoxy) is 3. The normalized spacial score (nSPS) is 16.2. The minimum absolute atomic E-state index is 0.134. The number of nitrogens with zero attached hydrogens (tertiary/aromatic N) is 2. The summed E-state index contributed by atoms with van der Waals surface area (Å²) in [4.78, 5) is 17.7. The number of hydrogen-bond acceptors (Lipinski definition) is 8. The Kier molecular flexibility index (Phi) is 9.46. The maximum atomic E-state index is 13.1. The number of carbonyl (C=O) groups is 1. The van der Waals surface area contributed by atoms with E-state index in [-0.39, 0.29) is 12.0 Å². The number of nitriles is 1. The van der Waals surface area contributed by atoms with Crippen LogP contribution in [0.25, 0.3) is 10.9 Å². The highest BCUT2D eigenvalue weighted by Gasteiger charge is 2.22. The summed E-state index contributed by atoms with van der Waals surface area (Å²) in [5.74, 6) is 0.816. The Bertz CT molecular complexity index is 1790. The number of nitrogens with one attached hydrogen (secondary N) is 3. The standard InChI is InChI=1S/C35H34ClN5O4/c1-22-3-2-4-24(13-22)20-44-32-6-5-26(15-29(32)36)40-35-25(18-37)19-39-30-17-33(45-27-9-12-43-21-27)31(16-28(30)35)41-34(42)14-23-7-10-38-11-8-23/h2-6,13-17,19,27,38H,7-12,20-21H2,1H3,(H,39,40)(H,41,42). The average Bonchev–Trinajstić information content (AvgIpc) is 3.55. The minimum atomic E-state index is -0.231. The number of fused-ring (bicyclic) bond motifs is 1. The highest BCUT2D eigenvalue weighted by atomic mass is 35.5. The highest BCUT2D eigenvalue weighted by Crippen LogP contribution is 2.38. The molecule has 3 N–H and O–H groups in total. The summed E-state index contributed by atoms with van der Waals surface area (Å²) in [7, 11) is 0. The molecule has 0 radical (unpaired) electrons. The number of amides is 1. The van der Waals surface area contributed by atoms with E-state index in [4.69, 9.17) is 25.8 Å². The first kappa shape index (κ1) is 30.4. The average molecular weight is 624 g/mol. The molecule has 0 spiro atoms. The molecule has 10 heteroatoms. The SMILES string of the molecule is Cc1cccc(COc2ccc(Nc3c(C#N)cnc4cc(OC5CCOC5)c(NC(=O)C=C5CCNCC5)cc34)cc2Cl)c1. The summed E-state index contributed by atoms with van der Waals surface area (Å²) < 4.78 is 17.8. The van der Waals surface area contributed by atoms with Crippen molar-refractivity contribution in [3.63, 3.8) is 0 Å². The van der Waals surface area contributed by atoms with Gasteiger partial charge in [-0.3, -0.25) is 9.78 Å². The number of aryl methyl sites for hydroxylation is 1. The van der Waals surface area contributed by atoms with Crippen molar-refractivity contribution < 1.29 is 19.0 Å². The van der Waals surface area contributed by atoms with Crippen LogP contribution < -0.4 is 25.4 Å². The van der Waals surface area contributed by atoms with Gasteiger partial charge in [0.05, 0.1) is 40.7 Å². The zero-order chi connectivity index (χ0) is 31.2. The Morgan fingerprint density at radius 2 is 2.04 bits per heavy atom. The van der Waals surface area contributed by atoms with Gasteiger partial charge in [-0.05, 0) is 62.7 Å². The first-order chi connectivity index (χ1) is 21.9. The Morgan fingerprint density at radius 1 is 1.18 bits per heavy atom. The lowest BCUT2D eigenvalue weighted by Gasteiger charge is -2.19. The highest BCUT2D eigenvalue weighted by molar-refractivity contribution is 6.32. The van der Waals surface area contributed by atoms with Gasteiger partial charge in [0, 0.05) is 35.8 Å². The van der Waals surface area contributed by atoms with E-state index in [0.29, 0.717) is 69.9 Å². The molecule has 2 fully saturated rings. The van der Waals surface area contributed by atoms with Gasteiger partial charge in [0.25, 0.3) is 0 Å². The molecule has 2 aliphatic rings. The van der Waals surface area contributed by atoms with Gasteiger partial charge in [-0.25, -0.2) is 0 Å². The van der Waals surface area contributed by atoms with Crippen molar-refractivity contribution in [1.29, 1.82) is 5.26 Å². The van der Waals surface area contributed by atoms with Crippen LogP contribution in [0.2, 0.25) is 5.02 Å². The van der Waals surface area contributed by atoms with E-state index in [1.54, 1.807) is 30.3 Å². The van der Waals surface area contributed by atoms with Crippen LogP contribution in [0.1, 0.15) is 36.0 Å². The Hall–Kier alpha value is -4.62. The van der Waals surface area contributed by atoms with Gasteiger partial charge < -0.3 is 30.2 Å². The Balaban J connectivity index is 1.30. The van der Waals surface area contributed by atoms with Crippen molar-refractivity contribution in [3.05, 3.63) is 94.2 Å². The summed E-state index contributed by atoms with van der Waals surface area (Å²) in [6.07, 6.45) is 5.47. The fourth-order valence-corrected chi connectivity index (χ4v) is 5.70. The summed E-state index contributed by atoms with van der Waals surface area (Å²) in [5, 5.41) is 20.8. The summed E-state index contributed by atoms with van der Waals surface area (Å²) in [6, 6.07) is 19.3. The van der Waals surface area contributed by atoms with E-state index in [9.17, 15) is 10.1 Å². The van der Waals surface area contributed by atoms with Gasteiger partial charge in [-0.15, -0.1) is 0 Å². The minimum Gasteiger partial charge on any atom is -0.487 e. The third-order valence-electron chi connectivity index (χ3n) is 7.79. The molecule has 3 heterocycles. The predicted molar refractivity (Wildman–Crippen MR) is 175 cm³/mol. The first-order valence-electron chi connectivity index (χ1n) is 15.0. The lowest BCUT2D eigenvalue weighted by atomic mass is 10.0. The molecule has 6 rings (SSSR count). The van der Waals surface area contributed by atoms with Crippen molar-refractivity contribution in [2.24, 2.45) is 0 Å². The zero-order valence-corrected chi connectivity index (χ0v) is 25.7. The third-order valence-corrected chi connectivity index (χ3v) is 8.08. The Morgan fingerprint density at radius 3 is 2.80 bits per heavy atom. The molecule has 0 saturated carbocycles. The largest absolute Gasteiger partial charge is 0.487 e. The summed E-state index contributed by atoms with van der Waals surface area (Å²) in [5.41, 5.74) is 5.93. The lowest BCUT2D eigenvalue weighted by Crippen LogP contribution is -2.24. The first-order valence-corrected chi connectivity index (χ1v) is 15.4. The number of halogens is 1. The van der Waals surface area contributed by atoms with Crippen molar-refractivity contribution in [1.82, 2.24) is 10.3 Å². The topological polar surface area (TPSA) is 118 Å². The molecule has 1 amide bonds. The van der Waals surface area contributed by atoms with Crippen LogP contribution >= 0.6 is 11.6 Å². The monoisotopic (exact) mass is 623 g/mol. The number of aromatic nitrogens is 1. The molecule has 3 aromatic carbocycles. The van der Waals surface area contributed by atoms with Gasteiger partial charge in [0.1, 0.15) is 30.3 Å². The Labute approximate surface area is 267 Å². The molecule has 1 aromatic heterocycles. The van der Waals surface area contributed by atoms with Crippen LogP contribution in [0.3, 0.4) is 0 Å². The van der Waals surface area contributed by atoms with Crippen LogP contribution in [0.15, 0.2) is 72.4 Å². The van der Waals surface area contributed by atoms with Crippen LogP contribution in [-0.4, -0.2) is 43.3 Å². The molecule has 0 aliphatic carbocycles. The van der Waals surface area contributed by atoms with E-state index in [0.717, 1.165) is 49.1 Å². The second-order valence-corrected chi connectivity index (χ2v) is 11.6. The number of piperidine rings is 1. The molecule has 1 atom stereocenters. The van der Waals surface area contributed by atoms with Gasteiger partial charge in [0.15, 0.2) is 0 Å². The van der Waals surface area contributed by atoms with E-state index in [2.05, 4.69) is 33.1 Å². The maximum absolute atomic E-state index is 13.1. The lowest BCUT2D eigenvalue weighted by molar-refractivity contribution is -0.112. The van der Waals surface area contributed by atoms with E-state index < -0.39 is 0 Å². The number of hydrogen-bond donors (Lipinski definition) is 3. The van der Waals surface area contributed by atoms with Crippen molar-refractivity contribution in [2.45, 2.75) is 38.9 Å². The van der Waals surface area contributed by atoms with Crippen LogP contribution in [-0.2, 0) is 16.1 Å². The fourth-order valence-electron chi connectivity index (χ4n) is 5.47. The van der Waals surface area contributed by atoms with Gasteiger partial charge in [0.2, 0.25) is 5.91 Å². The molecule has 9 nitrogen and oxygen atoms in total. The van der Waals surface area contributed by atoms with Crippen LogP contribution in [0.5, 0.6) is 11.5 Å². The number of rotatable bonds is 9. The smallest absolute Gasteiger partial charge is 0.248 e. The van der Waals surface area contributed by atoms with E-state index in [1.807, 2.05) is 31.2 Å². The van der Waals surface area contributed by atoms with Gasteiger partial charge >= 0.3 is 0 Å². The molecule has 230 valence electrons. The molecule has 4 aromatic rings.